The van der Waals surface area contributed by atoms with Crippen molar-refractivity contribution in [1.29, 1.82) is 0 Å². The number of amides is 1. The molecule has 3 N–H and O–H groups in total. The van der Waals surface area contributed by atoms with Crippen molar-refractivity contribution in [3.05, 3.63) is 34.7 Å². The van der Waals surface area contributed by atoms with Crippen LogP contribution >= 0.6 is 23.1 Å². The van der Waals surface area contributed by atoms with Crippen molar-refractivity contribution < 1.29 is 14.3 Å². The number of nitrogen functional groups attached to an aromatic ring is 1. The zero-order valence-corrected chi connectivity index (χ0v) is 18.9. The monoisotopic (exact) mass is 456 g/mol. The number of thiophene rings is 1. The molecule has 1 aromatic carbocycles. The summed E-state index contributed by atoms with van der Waals surface area (Å²) in [5.74, 6) is 2.76. The molecule has 1 aliphatic carbocycles. The molecular formula is C22H24N4O3S2. The molecule has 2 atom stereocenters. The molecule has 7 nitrogen and oxygen atoms in total. The van der Waals surface area contributed by atoms with E-state index in [-0.39, 0.29) is 17.8 Å². The lowest BCUT2D eigenvalue weighted by Gasteiger charge is -2.26. The van der Waals surface area contributed by atoms with Gasteiger partial charge in [0.1, 0.15) is 23.4 Å². The van der Waals surface area contributed by atoms with E-state index in [4.69, 9.17) is 15.2 Å². The first-order valence-corrected chi connectivity index (χ1v) is 12.2. The SMILES string of the molecule is CC1CCc2c(sc3nc(SCC(=O)NCC4COc5ccccc5O4)nc(N)c23)C1. The fourth-order valence-electron chi connectivity index (χ4n) is 3.99. The maximum absolute atomic E-state index is 12.3. The van der Waals surface area contributed by atoms with Crippen molar-refractivity contribution in [3.8, 4) is 11.5 Å². The molecule has 0 fully saturated rings. The molecule has 162 valence electrons. The number of rotatable bonds is 5. The zero-order chi connectivity index (χ0) is 21.4. The van der Waals surface area contributed by atoms with Gasteiger partial charge in [-0.05, 0) is 42.9 Å². The van der Waals surface area contributed by atoms with E-state index in [1.807, 2.05) is 24.3 Å². The van der Waals surface area contributed by atoms with Gasteiger partial charge in [0.15, 0.2) is 16.7 Å². The van der Waals surface area contributed by atoms with E-state index in [9.17, 15) is 4.79 Å². The first-order chi connectivity index (χ1) is 15.1. The van der Waals surface area contributed by atoms with E-state index in [0.29, 0.717) is 35.8 Å². The second-order valence-corrected chi connectivity index (χ2v) is 10.0. The Kier molecular flexibility index (Phi) is 5.62. The maximum Gasteiger partial charge on any atom is 0.230 e. The number of aryl methyl sites for hydroxylation is 1. The lowest BCUT2D eigenvalue weighted by atomic mass is 9.89. The molecule has 9 heteroatoms. The number of nitrogens with two attached hydrogens (primary N) is 1. The summed E-state index contributed by atoms with van der Waals surface area (Å²) in [6.07, 6.45) is 3.08. The molecule has 2 unspecified atom stereocenters. The van der Waals surface area contributed by atoms with Gasteiger partial charge in [-0.1, -0.05) is 30.8 Å². The van der Waals surface area contributed by atoms with Crippen LogP contribution in [0.4, 0.5) is 5.82 Å². The second-order valence-electron chi connectivity index (χ2n) is 8.01. The Labute approximate surface area is 188 Å². The Morgan fingerprint density at radius 2 is 2.16 bits per heavy atom. The van der Waals surface area contributed by atoms with Gasteiger partial charge < -0.3 is 20.5 Å². The maximum atomic E-state index is 12.3. The quantitative estimate of drug-likeness (QED) is 0.448. The number of benzene rings is 1. The zero-order valence-electron chi connectivity index (χ0n) is 17.2. The minimum absolute atomic E-state index is 0.103. The number of aromatic nitrogens is 2. The summed E-state index contributed by atoms with van der Waals surface area (Å²) in [5, 5.41) is 4.45. The molecule has 3 heterocycles. The summed E-state index contributed by atoms with van der Waals surface area (Å²) in [6.45, 7) is 3.07. The smallest absolute Gasteiger partial charge is 0.230 e. The lowest BCUT2D eigenvalue weighted by Crippen LogP contribution is -2.41. The van der Waals surface area contributed by atoms with Crippen LogP contribution < -0.4 is 20.5 Å². The number of para-hydroxylation sites is 2. The van der Waals surface area contributed by atoms with Crippen LogP contribution in [0, 0.1) is 5.92 Å². The first kappa shape index (κ1) is 20.4. The third-order valence-corrected chi connectivity index (χ3v) is 7.58. The largest absolute Gasteiger partial charge is 0.486 e. The van der Waals surface area contributed by atoms with E-state index in [0.717, 1.165) is 28.8 Å². The number of carbonyl (C=O) groups excluding carboxylic acids is 1. The number of carbonyl (C=O) groups is 1. The molecule has 0 saturated heterocycles. The Bertz CT molecular complexity index is 1130. The third-order valence-electron chi connectivity index (χ3n) is 5.59. The highest BCUT2D eigenvalue weighted by molar-refractivity contribution is 7.99. The Morgan fingerprint density at radius 3 is 3.03 bits per heavy atom. The summed E-state index contributed by atoms with van der Waals surface area (Å²) < 4.78 is 11.5. The predicted molar refractivity (Wildman–Crippen MR) is 123 cm³/mol. The standard InChI is InChI=1S/C22H24N4O3S2/c1-12-6-7-14-17(8-12)31-21-19(14)20(23)25-22(26-21)30-11-18(27)24-9-13-10-28-15-4-2-3-5-16(15)29-13/h2-5,12-13H,6-11H2,1H3,(H,24,27)(H2,23,25,26). The molecule has 2 aromatic heterocycles. The number of thioether (sulfide) groups is 1. The van der Waals surface area contributed by atoms with E-state index in [1.165, 1.54) is 28.6 Å². The highest BCUT2D eigenvalue weighted by atomic mass is 32.2. The molecule has 1 aliphatic heterocycles. The highest BCUT2D eigenvalue weighted by Crippen LogP contribution is 2.40. The number of nitrogens with zero attached hydrogens (tertiary/aromatic N) is 2. The van der Waals surface area contributed by atoms with Gasteiger partial charge in [-0.2, -0.15) is 0 Å². The van der Waals surface area contributed by atoms with Gasteiger partial charge in [0.05, 0.1) is 17.7 Å². The molecule has 5 rings (SSSR count). The van der Waals surface area contributed by atoms with E-state index in [1.54, 1.807) is 11.3 Å². The Balaban J connectivity index is 1.18. The minimum Gasteiger partial charge on any atom is -0.486 e. The normalized spacial score (nSPS) is 19.8. The van der Waals surface area contributed by atoms with Gasteiger partial charge in [-0.15, -0.1) is 11.3 Å². The Morgan fingerprint density at radius 1 is 1.32 bits per heavy atom. The summed E-state index contributed by atoms with van der Waals surface area (Å²) in [7, 11) is 0. The molecule has 1 amide bonds. The highest BCUT2D eigenvalue weighted by Gasteiger charge is 2.24. The molecule has 0 bridgehead atoms. The van der Waals surface area contributed by atoms with Crippen LogP contribution in [0.2, 0.25) is 0 Å². The second kappa shape index (κ2) is 8.55. The molecule has 31 heavy (non-hydrogen) atoms. The predicted octanol–water partition coefficient (Wildman–Crippen LogP) is 3.45. The van der Waals surface area contributed by atoms with Gasteiger partial charge in [-0.3, -0.25) is 4.79 Å². The van der Waals surface area contributed by atoms with Crippen LogP contribution in [0.5, 0.6) is 11.5 Å². The number of anilines is 1. The average molecular weight is 457 g/mol. The molecule has 3 aromatic rings. The van der Waals surface area contributed by atoms with Gasteiger partial charge in [0, 0.05) is 4.88 Å². The van der Waals surface area contributed by atoms with Crippen LogP contribution in [0.15, 0.2) is 29.4 Å². The number of hydrogen-bond donors (Lipinski definition) is 2. The van der Waals surface area contributed by atoms with Crippen molar-refractivity contribution in [2.45, 2.75) is 37.4 Å². The fraction of sp³-hybridized carbons (Fsp3) is 0.409. The van der Waals surface area contributed by atoms with Crippen molar-refractivity contribution in [2.24, 2.45) is 5.92 Å². The molecular weight excluding hydrogens is 432 g/mol. The summed E-state index contributed by atoms with van der Waals surface area (Å²) in [6, 6.07) is 7.53. The summed E-state index contributed by atoms with van der Waals surface area (Å²) in [5.41, 5.74) is 7.59. The topological polar surface area (TPSA) is 99.4 Å². The van der Waals surface area contributed by atoms with Gasteiger partial charge >= 0.3 is 0 Å². The van der Waals surface area contributed by atoms with Gasteiger partial charge in [0.2, 0.25) is 5.91 Å². The van der Waals surface area contributed by atoms with E-state index in [2.05, 4.69) is 22.2 Å². The third kappa shape index (κ3) is 4.29. The number of ether oxygens (including phenoxy) is 2. The molecule has 2 aliphatic rings. The van der Waals surface area contributed by atoms with Crippen LogP contribution in [0.1, 0.15) is 23.8 Å². The fourth-order valence-corrected chi connectivity index (χ4v) is 6.12. The minimum atomic E-state index is -0.216. The van der Waals surface area contributed by atoms with Crippen LogP contribution in [-0.4, -0.2) is 40.9 Å². The number of hydrogen-bond acceptors (Lipinski definition) is 8. The molecule has 0 spiro atoms. The van der Waals surface area contributed by atoms with Crippen LogP contribution in [0.3, 0.4) is 0 Å². The number of fused-ring (bicyclic) bond motifs is 4. The molecule has 0 saturated carbocycles. The van der Waals surface area contributed by atoms with Gasteiger partial charge in [-0.25, -0.2) is 9.97 Å². The number of nitrogens with one attached hydrogen (secondary N) is 1. The summed E-state index contributed by atoms with van der Waals surface area (Å²) in [4.78, 5) is 23.8. The van der Waals surface area contributed by atoms with Crippen LogP contribution in [-0.2, 0) is 17.6 Å². The average Bonchev–Trinajstić information content (AvgIpc) is 3.14. The van der Waals surface area contributed by atoms with Gasteiger partial charge in [0.25, 0.3) is 0 Å². The lowest BCUT2D eigenvalue weighted by molar-refractivity contribution is -0.119. The molecule has 0 radical (unpaired) electrons. The van der Waals surface area contributed by atoms with Crippen molar-refractivity contribution in [3.63, 3.8) is 0 Å². The van der Waals surface area contributed by atoms with Crippen molar-refractivity contribution in [2.75, 3.05) is 24.6 Å². The van der Waals surface area contributed by atoms with Crippen molar-refractivity contribution in [1.82, 2.24) is 15.3 Å². The van der Waals surface area contributed by atoms with Crippen LogP contribution in [0.25, 0.3) is 10.2 Å². The summed E-state index contributed by atoms with van der Waals surface area (Å²) >= 11 is 3.01. The van der Waals surface area contributed by atoms with E-state index < -0.39 is 0 Å². The van der Waals surface area contributed by atoms with Crippen molar-refractivity contribution >= 4 is 45.0 Å². The van der Waals surface area contributed by atoms with E-state index >= 15 is 0 Å². The Hall–Kier alpha value is -2.52. The first-order valence-electron chi connectivity index (χ1n) is 10.4.